The van der Waals surface area contributed by atoms with Gasteiger partial charge in [0.05, 0.1) is 12.7 Å². The highest BCUT2D eigenvalue weighted by Crippen LogP contribution is 2.26. The SMILES string of the molecule is COC(=O)CCCN(C)c1nc2c(cc1C#N)CCCC2. The van der Waals surface area contributed by atoms with Gasteiger partial charge in [-0.05, 0) is 43.7 Å². The average molecular weight is 287 g/mol. The summed E-state index contributed by atoms with van der Waals surface area (Å²) in [6, 6.07) is 4.22. The molecule has 0 atom stereocenters. The van der Waals surface area contributed by atoms with Crippen molar-refractivity contribution in [3.63, 3.8) is 0 Å². The Kier molecular flexibility index (Phi) is 5.15. The number of nitrogens with zero attached hydrogens (tertiary/aromatic N) is 3. The lowest BCUT2D eigenvalue weighted by Crippen LogP contribution is -2.23. The number of nitriles is 1. The molecule has 0 radical (unpaired) electrons. The van der Waals surface area contributed by atoms with Crippen molar-refractivity contribution in [1.29, 1.82) is 5.26 Å². The van der Waals surface area contributed by atoms with Crippen molar-refractivity contribution >= 4 is 11.8 Å². The van der Waals surface area contributed by atoms with Crippen molar-refractivity contribution in [3.05, 3.63) is 22.9 Å². The molecular formula is C16H21N3O2. The molecule has 1 heterocycles. The lowest BCUT2D eigenvalue weighted by Gasteiger charge is -2.23. The molecule has 0 saturated carbocycles. The first-order chi connectivity index (χ1) is 10.2. The predicted octanol–water partition coefficient (Wildman–Crippen LogP) is 2.22. The third-order valence-electron chi connectivity index (χ3n) is 3.86. The molecule has 0 unspecified atom stereocenters. The zero-order chi connectivity index (χ0) is 15.2. The Labute approximate surface area is 125 Å². The number of fused-ring (bicyclic) bond motifs is 1. The van der Waals surface area contributed by atoms with Crippen LogP contribution >= 0.6 is 0 Å². The highest BCUT2D eigenvalue weighted by molar-refractivity contribution is 5.69. The molecule has 1 aromatic rings. The maximum atomic E-state index is 11.1. The Balaban J connectivity index is 2.10. The number of hydrogen-bond donors (Lipinski definition) is 0. The predicted molar refractivity (Wildman–Crippen MR) is 80.1 cm³/mol. The Hall–Kier alpha value is -2.09. The lowest BCUT2D eigenvalue weighted by molar-refractivity contribution is -0.140. The summed E-state index contributed by atoms with van der Waals surface area (Å²) in [5.41, 5.74) is 2.95. The molecule has 0 aliphatic heterocycles. The van der Waals surface area contributed by atoms with Gasteiger partial charge in [0.15, 0.2) is 0 Å². The van der Waals surface area contributed by atoms with Crippen LogP contribution in [0.2, 0.25) is 0 Å². The normalized spacial score (nSPS) is 13.2. The number of hydrogen-bond acceptors (Lipinski definition) is 5. The maximum Gasteiger partial charge on any atom is 0.305 e. The molecule has 0 bridgehead atoms. The lowest BCUT2D eigenvalue weighted by atomic mass is 9.95. The van der Waals surface area contributed by atoms with Crippen molar-refractivity contribution in [2.45, 2.75) is 38.5 Å². The van der Waals surface area contributed by atoms with Gasteiger partial charge >= 0.3 is 5.97 Å². The van der Waals surface area contributed by atoms with E-state index >= 15 is 0 Å². The van der Waals surface area contributed by atoms with E-state index < -0.39 is 0 Å². The molecule has 0 N–H and O–H groups in total. The Morgan fingerprint density at radius 3 is 2.95 bits per heavy atom. The van der Waals surface area contributed by atoms with Crippen molar-refractivity contribution in [3.8, 4) is 6.07 Å². The molecular weight excluding hydrogens is 266 g/mol. The quantitative estimate of drug-likeness (QED) is 0.777. The highest BCUT2D eigenvalue weighted by Gasteiger charge is 2.17. The molecule has 5 heteroatoms. The van der Waals surface area contributed by atoms with Crippen LogP contribution in [-0.4, -0.2) is 31.7 Å². The van der Waals surface area contributed by atoms with Crippen molar-refractivity contribution in [2.75, 3.05) is 25.6 Å². The molecule has 1 aromatic heterocycles. The zero-order valence-electron chi connectivity index (χ0n) is 12.7. The minimum atomic E-state index is -0.206. The van der Waals surface area contributed by atoms with Crippen molar-refractivity contribution < 1.29 is 9.53 Å². The second-order valence-electron chi connectivity index (χ2n) is 5.39. The summed E-state index contributed by atoms with van der Waals surface area (Å²) in [6.07, 6.45) is 5.42. The first-order valence-electron chi connectivity index (χ1n) is 7.36. The van der Waals surface area contributed by atoms with Crippen LogP contribution in [0, 0.1) is 11.3 Å². The first kappa shape index (κ1) is 15.3. The summed E-state index contributed by atoms with van der Waals surface area (Å²) in [7, 11) is 3.31. The summed E-state index contributed by atoms with van der Waals surface area (Å²) in [6.45, 7) is 0.676. The van der Waals surface area contributed by atoms with Gasteiger partial charge in [0, 0.05) is 25.7 Å². The number of esters is 1. The van der Waals surface area contributed by atoms with Gasteiger partial charge in [-0.3, -0.25) is 4.79 Å². The molecule has 21 heavy (non-hydrogen) atoms. The van der Waals surface area contributed by atoms with E-state index in [4.69, 9.17) is 0 Å². The number of aryl methyl sites for hydroxylation is 2. The van der Waals surface area contributed by atoms with Crippen LogP contribution in [0.1, 0.15) is 42.5 Å². The minimum absolute atomic E-state index is 0.206. The number of pyridine rings is 1. The molecule has 0 fully saturated rings. The fraction of sp³-hybridized carbons (Fsp3) is 0.562. The van der Waals surface area contributed by atoms with Crippen LogP contribution in [0.15, 0.2) is 6.07 Å². The molecule has 0 spiro atoms. The second-order valence-corrected chi connectivity index (χ2v) is 5.39. The first-order valence-corrected chi connectivity index (χ1v) is 7.36. The molecule has 0 saturated heterocycles. The second kappa shape index (κ2) is 7.07. The van der Waals surface area contributed by atoms with Gasteiger partial charge < -0.3 is 9.64 Å². The van der Waals surface area contributed by atoms with E-state index in [0.717, 1.165) is 30.8 Å². The van der Waals surface area contributed by atoms with Crippen LogP contribution in [0.3, 0.4) is 0 Å². The molecule has 2 rings (SSSR count). The molecule has 1 aliphatic rings. The van der Waals surface area contributed by atoms with E-state index in [9.17, 15) is 10.1 Å². The van der Waals surface area contributed by atoms with Gasteiger partial charge in [-0.25, -0.2) is 4.98 Å². The van der Waals surface area contributed by atoms with E-state index in [2.05, 4.69) is 15.8 Å². The largest absolute Gasteiger partial charge is 0.469 e. The van der Waals surface area contributed by atoms with Gasteiger partial charge in [-0.2, -0.15) is 5.26 Å². The van der Waals surface area contributed by atoms with E-state index in [0.29, 0.717) is 24.9 Å². The van der Waals surface area contributed by atoms with Crippen LogP contribution in [0.5, 0.6) is 0 Å². The third kappa shape index (κ3) is 3.72. The molecule has 0 amide bonds. The van der Waals surface area contributed by atoms with Crippen molar-refractivity contribution in [1.82, 2.24) is 4.98 Å². The number of ether oxygens (including phenoxy) is 1. The van der Waals surface area contributed by atoms with Gasteiger partial charge in [0.2, 0.25) is 0 Å². The summed E-state index contributed by atoms with van der Waals surface area (Å²) in [5.74, 6) is 0.519. The number of carbonyl (C=O) groups is 1. The number of aromatic nitrogens is 1. The minimum Gasteiger partial charge on any atom is -0.469 e. The molecule has 0 aromatic carbocycles. The summed E-state index contributed by atoms with van der Waals surface area (Å²) in [5, 5.41) is 9.33. The smallest absolute Gasteiger partial charge is 0.305 e. The van der Waals surface area contributed by atoms with Crippen LogP contribution in [0.25, 0.3) is 0 Å². The van der Waals surface area contributed by atoms with Gasteiger partial charge in [0.25, 0.3) is 0 Å². The van der Waals surface area contributed by atoms with Crippen LogP contribution < -0.4 is 4.90 Å². The molecule has 1 aliphatic carbocycles. The zero-order valence-corrected chi connectivity index (χ0v) is 12.7. The Morgan fingerprint density at radius 2 is 2.24 bits per heavy atom. The Morgan fingerprint density at radius 1 is 1.48 bits per heavy atom. The van der Waals surface area contributed by atoms with Gasteiger partial charge in [0.1, 0.15) is 11.9 Å². The van der Waals surface area contributed by atoms with Crippen LogP contribution in [-0.2, 0) is 22.4 Å². The number of rotatable bonds is 5. The third-order valence-corrected chi connectivity index (χ3v) is 3.86. The highest BCUT2D eigenvalue weighted by atomic mass is 16.5. The topological polar surface area (TPSA) is 66.2 Å². The van der Waals surface area contributed by atoms with E-state index in [-0.39, 0.29) is 5.97 Å². The van der Waals surface area contributed by atoms with Crippen LogP contribution in [0.4, 0.5) is 5.82 Å². The van der Waals surface area contributed by atoms with Gasteiger partial charge in [-0.1, -0.05) is 0 Å². The summed E-state index contributed by atoms with van der Waals surface area (Å²) >= 11 is 0. The Bertz CT molecular complexity index is 563. The monoisotopic (exact) mass is 287 g/mol. The van der Waals surface area contributed by atoms with Gasteiger partial charge in [-0.15, -0.1) is 0 Å². The molecule has 112 valence electrons. The summed E-state index contributed by atoms with van der Waals surface area (Å²) < 4.78 is 4.63. The van der Waals surface area contributed by atoms with Crippen molar-refractivity contribution in [2.24, 2.45) is 0 Å². The molecule has 5 nitrogen and oxygen atoms in total. The standard InChI is InChI=1S/C16H21N3O2/c1-19(9-5-8-15(20)21-2)16-13(11-17)10-12-6-3-4-7-14(12)18-16/h10H,3-9H2,1-2H3. The fourth-order valence-electron chi connectivity index (χ4n) is 2.66. The average Bonchev–Trinajstić information content (AvgIpc) is 2.53. The number of anilines is 1. The van der Waals surface area contributed by atoms with E-state index in [1.165, 1.54) is 19.1 Å². The van der Waals surface area contributed by atoms with E-state index in [1.807, 2.05) is 18.0 Å². The van der Waals surface area contributed by atoms with E-state index in [1.54, 1.807) is 0 Å². The maximum absolute atomic E-state index is 11.1. The fourth-order valence-corrected chi connectivity index (χ4v) is 2.66. The summed E-state index contributed by atoms with van der Waals surface area (Å²) in [4.78, 5) is 17.8. The number of methoxy groups -OCH3 is 1. The number of carbonyl (C=O) groups excluding carboxylic acids is 1.